The van der Waals surface area contributed by atoms with E-state index in [0.29, 0.717) is 30.1 Å². The van der Waals surface area contributed by atoms with Crippen molar-refractivity contribution in [2.24, 2.45) is 11.8 Å². The van der Waals surface area contributed by atoms with E-state index in [0.717, 1.165) is 25.9 Å². The molecule has 1 saturated heterocycles. The number of rotatable bonds is 6. The number of hydrogen-bond donors (Lipinski definition) is 1. The third-order valence-electron chi connectivity index (χ3n) is 3.86. The lowest BCUT2D eigenvalue weighted by molar-refractivity contribution is -0.0993. The van der Waals surface area contributed by atoms with Gasteiger partial charge >= 0.3 is 0 Å². The van der Waals surface area contributed by atoms with Crippen molar-refractivity contribution >= 4 is 24.8 Å². The number of ether oxygens (including phenoxy) is 1. The predicted octanol–water partition coefficient (Wildman–Crippen LogP) is 3.21. The van der Waals surface area contributed by atoms with Gasteiger partial charge in [0.05, 0.1) is 12.2 Å². The minimum Gasteiger partial charge on any atom is -0.374 e. The molecule has 0 spiro atoms. The molecule has 5 heteroatoms. The summed E-state index contributed by atoms with van der Waals surface area (Å²) in [7, 11) is 4.25. The van der Waals surface area contributed by atoms with Gasteiger partial charge in [-0.25, -0.2) is 0 Å². The van der Waals surface area contributed by atoms with Crippen LogP contribution in [0.2, 0.25) is 0 Å². The molecular weight excluding hydrogens is 295 g/mol. The fourth-order valence-electron chi connectivity index (χ4n) is 2.51. The summed E-state index contributed by atoms with van der Waals surface area (Å²) in [6.45, 7) is 11.3. The maximum absolute atomic E-state index is 6.22. The molecule has 0 amide bonds. The smallest absolute Gasteiger partial charge is 0.0616 e. The molecule has 1 aliphatic heterocycles. The molecule has 1 rings (SSSR count). The quantitative estimate of drug-likeness (QED) is 0.810. The molecule has 1 N–H and O–H groups in total. The average molecular weight is 329 g/mol. The van der Waals surface area contributed by atoms with E-state index in [9.17, 15) is 0 Å². The lowest BCUT2D eigenvalue weighted by Gasteiger charge is -2.39. The Morgan fingerprint density at radius 2 is 1.45 bits per heavy atom. The van der Waals surface area contributed by atoms with Crippen LogP contribution in [0.25, 0.3) is 0 Å². The Balaban J connectivity index is 0. The van der Waals surface area contributed by atoms with Gasteiger partial charge < -0.3 is 15.0 Å². The van der Waals surface area contributed by atoms with Gasteiger partial charge in [0.1, 0.15) is 0 Å². The van der Waals surface area contributed by atoms with Gasteiger partial charge in [0.15, 0.2) is 0 Å². The van der Waals surface area contributed by atoms with Crippen molar-refractivity contribution in [3.8, 4) is 0 Å². The van der Waals surface area contributed by atoms with Gasteiger partial charge in [-0.3, -0.25) is 0 Å². The molecule has 0 saturated carbocycles. The fourth-order valence-corrected chi connectivity index (χ4v) is 2.51. The van der Waals surface area contributed by atoms with Gasteiger partial charge in [-0.15, -0.1) is 24.8 Å². The van der Waals surface area contributed by atoms with Crippen molar-refractivity contribution < 1.29 is 4.74 Å². The summed E-state index contributed by atoms with van der Waals surface area (Å²) in [5.74, 6) is 1.23. The summed E-state index contributed by atoms with van der Waals surface area (Å²) in [5, 5.41) is 3.70. The van der Waals surface area contributed by atoms with Gasteiger partial charge in [0.2, 0.25) is 0 Å². The van der Waals surface area contributed by atoms with E-state index in [2.05, 4.69) is 52.0 Å². The van der Waals surface area contributed by atoms with Crippen LogP contribution in [0.5, 0.6) is 0 Å². The fraction of sp³-hybridized carbons (Fsp3) is 1.00. The summed E-state index contributed by atoms with van der Waals surface area (Å²) in [6, 6.07) is 0.624. The first-order valence-electron chi connectivity index (χ1n) is 7.43. The first kappa shape index (κ1) is 22.7. The summed E-state index contributed by atoms with van der Waals surface area (Å²) in [5.41, 5.74) is 0. The first-order valence-corrected chi connectivity index (χ1v) is 7.43. The molecular formula is C15H34Cl2N2O. The Morgan fingerprint density at radius 3 is 1.80 bits per heavy atom. The number of nitrogens with one attached hydrogen (secondary N) is 1. The molecule has 20 heavy (non-hydrogen) atoms. The Labute approximate surface area is 138 Å². The van der Waals surface area contributed by atoms with Crippen molar-refractivity contribution in [3.63, 3.8) is 0 Å². The minimum atomic E-state index is 0. The standard InChI is InChI=1S/C15H32N2O.2ClH/c1-11(2)14-9-13(16-7-8-17(5)6)10-15(18-14)12(3)4;;/h11-16H,7-10H2,1-6H3;2*1H. The van der Waals surface area contributed by atoms with Crippen LogP contribution < -0.4 is 5.32 Å². The molecule has 124 valence electrons. The van der Waals surface area contributed by atoms with Crippen molar-refractivity contribution in [3.05, 3.63) is 0 Å². The third-order valence-corrected chi connectivity index (χ3v) is 3.86. The second kappa shape index (κ2) is 11.1. The van der Waals surface area contributed by atoms with Crippen molar-refractivity contribution in [2.45, 2.75) is 58.8 Å². The van der Waals surface area contributed by atoms with E-state index < -0.39 is 0 Å². The van der Waals surface area contributed by atoms with Gasteiger partial charge in [0.25, 0.3) is 0 Å². The molecule has 0 radical (unpaired) electrons. The van der Waals surface area contributed by atoms with Gasteiger partial charge in [0, 0.05) is 19.1 Å². The number of nitrogens with zero attached hydrogens (tertiary/aromatic N) is 1. The summed E-state index contributed by atoms with van der Waals surface area (Å²) < 4.78 is 6.22. The molecule has 3 nitrogen and oxygen atoms in total. The zero-order valence-corrected chi connectivity index (χ0v) is 15.5. The van der Waals surface area contributed by atoms with Crippen LogP contribution in [0.1, 0.15) is 40.5 Å². The monoisotopic (exact) mass is 328 g/mol. The zero-order chi connectivity index (χ0) is 13.7. The van der Waals surface area contributed by atoms with E-state index in [1.54, 1.807) is 0 Å². The normalized spacial score (nSPS) is 26.6. The number of halogens is 2. The highest BCUT2D eigenvalue weighted by molar-refractivity contribution is 5.85. The van der Waals surface area contributed by atoms with Crippen LogP contribution in [0, 0.1) is 11.8 Å². The second-order valence-corrected chi connectivity index (χ2v) is 6.63. The maximum Gasteiger partial charge on any atom is 0.0616 e. The number of hydrogen-bond acceptors (Lipinski definition) is 3. The minimum absolute atomic E-state index is 0. The molecule has 0 aromatic rings. The highest BCUT2D eigenvalue weighted by Gasteiger charge is 2.32. The van der Waals surface area contributed by atoms with E-state index in [1.165, 1.54) is 0 Å². The molecule has 0 aliphatic carbocycles. The first-order chi connectivity index (χ1) is 8.40. The molecule has 2 unspecified atom stereocenters. The molecule has 2 atom stereocenters. The molecule has 0 aromatic carbocycles. The van der Waals surface area contributed by atoms with Gasteiger partial charge in [-0.2, -0.15) is 0 Å². The van der Waals surface area contributed by atoms with Crippen molar-refractivity contribution in [1.29, 1.82) is 0 Å². The van der Waals surface area contributed by atoms with E-state index in [1.807, 2.05) is 0 Å². The zero-order valence-electron chi connectivity index (χ0n) is 13.9. The Hall–Kier alpha value is 0.460. The second-order valence-electron chi connectivity index (χ2n) is 6.63. The van der Waals surface area contributed by atoms with Crippen molar-refractivity contribution in [1.82, 2.24) is 10.2 Å². The Morgan fingerprint density at radius 1 is 1.00 bits per heavy atom. The SMILES string of the molecule is CC(C)C1CC(NCCN(C)C)CC(C(C)C)O1.Cl.Cl. The van der Waals surface area contributed by atoms with Crippen LogP contribution in [0.3, 0.4) is 0 Å². The lowest BCUT2D eigenvalue weighted by Crippen LogP contribution is -2.47. The topological polar surface area (TPSA) is 24.5 Å². The van der Waals surface area contributed by atoms with Crippen LogP contribution in [-0.2, 0) is 4.74 Å². The largest absolute Gasteiger partial charge is 0.374 e. The maximum atomic E-state index is 6.22. The summed E-state index contributed by atoms with van der Waals surface area (Å²) in [6.07, 6.45) is 3.16. The van der Waals surface area contributed by atoms with Crippen LogP contribution in [-0.4, -0.2) is 50.3 Å². The predicted molar refractivity (Wildman–Crippen MR) is 92.4 cm³/mol. The van der Waals surface area contributed by atoms with E-state index in [-0.39, 0.29) is 24.8 Å². The molecule has 1 heterocycles. The Kier molecular flexibility index (Phi) is 12.6. The highest BCUT2D eigenvalue weighted by Crippen LogP contribution is 2.28. The van der Waals surface area contributed by atoms with Crippen LogP contribution in [0.15, 0.2) is 0 Å². The number of likely N-dealkylation sites (N-methyl/N-ethyl adjacent to an activating group) is 1. The summed E-state index contributed by atoms with van der Waals surface area (Å²) in [4.78, 5) is 2.23. The Bertz CT molecular complexity index is 222. The van der Waals surface area contributed by atoms with Crippen LogP contribution in [0.4, 0.5) is 0 Å². The molecule has 1 aliphatic rings. The van der Waals surface area contributed by atoms with E-state index >= 15 is 0 Å². The average Bonchev–Trinajstić information content (AvgIpc) is 2.28. The van der Waals surface area contributed by atoms with Gasteiger partial charge in [-0.05, 0) is 38.8 Å². The molecule has 0 bridgehead atoms. The molecule has 0 aromatic heterocycles. The lowest BCUT2D eigenvalue weighted by atomic mass is 9.88. The third kappa shape index (κ3) is 8.04. The van der Waals surface area contributed by atoms with E-state index in [4.69, 9.17) is 4.74 Å². The summed E-state index contributed by atoms with van der Waals surface area (Å²) >= 11 is 0. The van der Waals surface area contributed by atoms with Crippen molar-refractivity contribution in [2.75, 3.05) is 27.2 Å². The van der Waals surface area contributed by atoms with Gasteiger partial charge in [-0.1, -0.05) is 27.7 Å². The molecule has 1 fully saturated rings. The highest BCUT2D eigenvalue weighted by atomic mass is 35.5. The van der Waals surface area contributed by atoms with Crippen LogP contribution >= 0.6 is 24.8 Å².